The molecule has 21 heavy (non-hydrogen) atoms. The summed E-state index contributed by atoms with van der Waals surface area (Å²) in [7, 11) is 1.38. The van der Waals surface area contributed by atoms with E-state index in [0.717, 1.165) is 6.42 Å². The van der Waals surface area contributed by atoms with Gasteiger partial charge in [-0.2, -0.15) is 0 Å². The Hall–Kier alpha value is -2.51. The number of nitrogens with zero attached hydrogens (tertiary/aromatic N) is 2. The molecule has 8 nitrogen and oxygen atoms in total. The van der Waals surface area contributed by atoms with Gasteiger partial charge in [0.15, 0.2) is 5.75 Å². The predicted molar refractivity (Wildman–Crippen MR) is 75.8 cm³/mol. The third-order valence-electron chi connectivity index (χ3n) is 3.54. The van der Waals surface area contributed by atoms with Crippen LogP contribution in [0.5, 0.6) is 5.75 Å². The fraction of sp³-hybridized carbons (Fsp3) is 0.462. The van der Waals surface area contributed by atoms with E-state index in [0.29, 0.717) is 25.3 Å². The highest BCUT2D eigenvalue weighted by molar-refractivity contribution is 5.68. The summed E-state index contributed by atoms with van der Waals surface area (Å²) >= 11 is 0. The molecule has 2 N–H and O–H groups in total. The molecule has 2 rings (SSSR count). The van der Waals surface area contributed by atoms with Crippen molar-refractivity contribution in [3.63, 3.8) is 0 Å². The largest absolute Gasteiger partial charge is 0.490 e. The molecule has 1 aliphatic rings. The summed E-state index contributed by atoms with van der Waals surface area (Å²) in [4.78, 5) is 22.9. The minimum atomic E-state index is -0.926. The monoisotopic (exact) mass is 295 g/mol. The summed E-state index contributed by atoms with van der Waals surface area (Å²) in [5.41, 5.74) is 0.279. The quantitative estimate of drug-likeness (QED) is 0.636. The van der Waals surface area contributed by atoms with Crippen LogP contribution in [0.2, 0.25) is 0 Å². The van der Waals surface area contributed by atoms with Gasteiger partial charge in [0.25, 0.3) is 0 Å². The summed E-state index contributed by atoms with van der Waals surface area (Å²) in [6, 6.07) is 4.82. The molecule has 0 radical (unpaired) electrons. The van der Waals surface area contributed by atoms with E-state index in [9.17, 15) is 14.9 Å². The van der Waals surface area contributed by atoms with E-state index in [1.165, 1.54) is 18.1 Å². The fourth-order valence-corrected chi connectivity index (χ4v) is 2.45. The van der Waals surface area contributed by atoms with Gasteiger partial charge in [0.1, 0.15) is 5.69 Å². The second kappa shape index (κ2) is 6.29. The normalized spacial score (nSPS) is 17.6. The van der Waals surface area contributed by atoms with Gasteiger partial charge in [0.2, 0.25) is 0 Å². The highest BCUT2D eigenvalue weighted by Crippen LogP contribution is 2.34. The molecular formula is C13H17N3O5. The molecule has 0 bridgehead atoms. The van der Waals surface area contributed by atoms with Crippen molar-refractivity contribution in [2.75, 3.05) is 32.1 Å². The molecule has 1 atom stereocenters. The second-order valence-electron chi connectivity index (χ2n) is 4.88. The molecule has 114 valence electrons. The second-order valence-corrected chi connectivity index (χ2v) is 4.88. The topological polar surface area (TPSA) is 105 Å². The molecule has 1 heterocycles. The number of methoxy groups -OCH3 is 1. The Morgan fingerprint density at radius 1 is 1.62 bits per heavy atom. The predicted octanol–water partition coefficient (Wildman–Crippen LogP) is 2.02. The maximum atomic E-state index is 11.1. The number of ether oxygens (including phenoxy) is 1. The number of nitro groups is 1. The Bertz CT molecular complexity index is 549. The van der Waals surface area contributed by atoms with Crippen molar-refractivity contribution in [1.29, 1.82) is 0 Å². The Kier molecular flexibility index (Phi) is 4.46. The standard InChI is InChI=1S/C13H17N3O5/c1-21-11-4-2-3-10(12(11)16(19)20)14-7-9-5-6-15(8-9)13(17)18/h2-4,9,14H,5-8H2,1H3,(H,17,18)/t9-/m0/s1. The van der Waals surface area contributed by atoms with Crippen molar-refractivity contribution in [2.45, 2.75) is 6.42 Å². The Morgan fingerprint density at radius 2 is 2.38 bits per heavy atom. The zero-order valence-electron chi connectivity index (χ0n) is 11.6. The van der Waals surface area contributed by atoms with Gasteiger partial charge in [0.05, 0.1) is 12.0 Å². The van der Waals surface area contributed by atoms with E-state index < -0.39 is 11.0 Å². The first-order chi connectivity index (χ1) is 10.0. The van der Waals surface area contributed by atoms with E-state index in [4.69, 9.17) is 9.84 Å². The summed E-state index contributed by atoms with van der Waals surface area (Å²) in [6.45, 7) is 1.43. The van der Waals surface area contributed by atoms with Gasteiger partial charge in [-0.25, -0.2) is 4.79 Å². The molecule has 0 aromatic heterocycles. The molecule has 0 unspecified atom stereocenters. The number of rotatable bonds is 5. The van der Waals surface area contributed by atoms with Crippen molar-refractivity contribution in [3.8, 4) is 5.75 Å². The molecule has 1 fully saturated rings. The molecule has 0 aliphatic carbocycles. The van der Waals surface area contributed by atoms with Crippen molar-refractivity contribution in [2.24, 2.45) is 5.92 Å². The van der Waals surface area contributed by atoms with Crippen molar-refractivity contribution < 1.29 is 19.6 Å². The smallest absolute Gasteiger partial charge is 0.407 e. The minimum Gasteiger partial charge on any atom is -0.490 e. The van der Waals surface area contributed by atoms with Gasteiger partial charge >= 0.3 is 11.8 Å². The lowest BCUT2D eigenvalue weighted by atomic mass is 10.1. The first kappa shape index (κ1) is 14.9. The lowest BCUT2D eigenvalue weighted by Gasteiger charge is -2.14. The van der Waals surface area contributed by atoms with Gasteiger partial charge in [0, 0.05) is 19.6 Å². The van der Waals surface area contributed by atoms with Crippen molar-refractivity contribution >= 4 is 17.5 Å². The number of anilines is 1. The minimum absolute atomic E-state index is 0.104. The van der Waals surface area contributed by atoms with Crippen LogP contribution in [0.4, 0.5) is 16.2 Å². The maximum Gasteiger partial charge on any atom is 0.407 e. The van der Waals surface area contributed by atoms with Gasteiger partial charge in [-0.3, -0.25) is 10.1 Å². The third-order valence-corrected chi connectivity index (χ3v) is 3.54. The summed E-state index contributed by atoms with van der Waals surface area (Å²) in [5, 5.41) is 23.1. The highest BCUT2D eigenvalue weighted by atomic mass is 16.6. The number of carbonyl (C=O) groups is 1. The molecule has 8 heteroatoms. The number of hydrogen-bond donors (Lipinski definition) is 2. The van der Waals surface area contributed by atoms with Crippen LogP contribution in [0.1, 0.15) is 6.42 Å². The number of benzene rings is 1. The molecular weight excluding hydrogens is 278 g/mol. The summed E-state index contributed by atoms with van der Waals surface area (Å²) in [5.74, 6) is 0.343. The van der Waals surface area contributed by atoms with Crippen LogP contribution in [0.15, 0.2) is 18.2 Å². The Labute approximate surface area is 121 Å². The van der Waals surface area contributed by atoms with Crippen LogP contribution in [0.3, 0.4) is 0 Å². The van der Waals surface area contributed by atoms with Crippen molar-refractivity contribution in [3.05, 3.63) is 28.3 Å². The Morgan fingerprint density at radius 3 is 2.95 bits per heavy atom. The fourth-order valence-electron chi connectivity index (χ4n) is 2.45. The molecule has 1 amide bonds. The number of amides is 1. The first-order valence-corrected chi connectivity index (χ1v) is 6.56. The SMILES string of the molecule is COc1cccc(NC[C@@H]2CCN(C(=O)O)C2)c1[N+](=O)[O-]. The van der Waals surface area contributed by atoms with Gasteiger partial charge in [-0.15, -0.1) is 0 Å². The number of para-hydroxylation sites is 1. The van der Waals surface area contributed by atoms with Crippen LogP contribution in [0, 0.1) is 16.0 Å². The van der Waals surface area contributed by atoms with Crippen LogP contribution in [-0.4, -0.2) is 47.8 Å². The van der Waals surface area contributed by atoms with E-state index >= 15 is 0 Å². The Balaban J connectivity index is 2.04. The van der Waals surface area contributed by atoms with E-state index in [1.54, 1.807) is 12.1 Å². The van der Waals surface area contributed by atoms with E-state index in [1.807, 2.05) is 0 Å². The lowest BCUT2D eigenvalue weighted by Crippen LogP contribution is -2.27. The van der Waals surface area contributed by atoms with Gasteiger partial charge in [-0.05, 0) is 24.5 Å². The van der Waals surface area contributed by atoms with Gasteiger partial charge in [-0.1, -0.05) is 6.07 Å². The summed E-state index contributed by atoms with van der Waals surface area (Å²) < 4.78 is 5.00. The lowest BCUT2D eigenvalue weighted by molar-refractivity contribution is -0.384. The molecule has 1 saturated heterocycles. The number of likely N-dealkylation sites (tertiary alicyclic amines) is 1. The maximum absolute atomic E-state index is 11.1. The summed E-state index contributed by atoms with van der Waals surface area (Å²) in [6.07, 6.45) is -0.179. The number of nitro benzene ring substituents is 1. The van der Waals surface area contributed by atoms with Crippen LogP contribution in [-0.2, 0) is 0 Å². The zero-order valence-corrected chi connectivity index (χ0v) is 11.6. The number of carboxylic acid groups (broad SMARTS) is 1. The van der Waals surface area contributed by atoms with Crippen molar-refractivity contribution in [1.82, 2.24) is 4.90 Å². The number of nitrogens with one attached hydrogen (secondary N) is 1. The molecule has 1 aromatic rings. The van der Waals surface area contributed by atoms with Gasteiger partial charge < -0.3 is 20.1 Å². The van der Waals surface area contributed by atoms with Crippen LogP contribution in [0.25, 0.3) is 0 Å². The average molecular weight is 295 g/mol. The first-order valence-electron chi connectivity index (χ1n) is 6.56. The molecule has 0 spiro atoms. The van der Waals surface area contributed by atoms with E-state index in [-0.39, 0.29) is 17.4 Å². The zero-order chi connectivity index (χ0) is 15.4. The average Bonchev–Trinajstić information content (AvgIpc) is 2.93. The molecule has 1 aromatic carbocycles. The van der Waals surface area contributed by atoms with Crippen LogP contribution >= 0.6 is 0 Å². The van der Waals surface area contributed by atoms with Crippen LogP contribution < -0.4 is 10.1 Å². The molecule has 1 aliphatic heterocycles. The van der Waals surface area contributed by atoms with E-state index in [2.05, 4.69) is 5.32 Å². The molecule has 0 saturated carbocycles. The number of hydrogen-bond acceptors (Lipinski definition) is 5. The highest BCUT2D eigenvalue weighted by Gasteiger charge is 2.27. The third kappa shape index (κ3) is 3.33.